The number of nitrogens with zero attached hydrogens (tertiary/aromatic N) is 3. The van der Waals surface area contributed by atoms with E-state index >= 15 is 0 Å². The van der Waals surface area contributed by atoms with E-state index < -0.39 is 5.69 Å². The van der Waals surface area contributed by atoms with Crippen LogP contribution in [0.25, 0.3) is 11.2 Å². The summed E-state index contributed by atoms with van der Waals surface area (Å²) in [5.41, 5.74) is 0.101. The van der Waals surface area contributed by atoms with Crippen LogP contribution >= 0.6 is 11.8 Å². The molecule has 7 heteroatoms. The van der Waals surface area contributed by atoms with E-state index in [9.17, 15) is 9.59 Å². The molecular weight excluding hydrogens is 324 g/mol. The molecule has 0 bridgehead atoms. The predicted molar refractivity (Wildman–Crippen MR) is 99.9 cm³/mol. The highest BCUT2D eigenvalue weighted by molar-refractivity contribution is 7.99. The number of hydrogen-bond acceptors (Lipinski definition) is 4. The van der Waals surface area contributed by atoms with Crippen molar-refractivity contribution < 1.29 is 0 Å². The molecule has 0 aromatic carbocycles. The largest absolute Gasteiger partial charge is 0.329 e. The van der Waals surface area contributed by atoms with Crippen molar-refractivity contribution in [1.29, 1.82) is 0 Å². The maximum Gasteiger partial charge on any atom is 0.329 e. The van der Waals surface area contributed by atoms with E-state index in [0.717, 1.165) is 17.3 Å². The van der Waals surface area contributed by atoms with Crippen LogP contribution in [0.15, 0.2) is 26.9 Å². The van der Waals surface area contributed by atoms with Gasteiger partial charge in [-0.1, -0.05) is 56.5 Å². The van der Waals surface area contributed by atoms with Crippen LogP contribution in [-0.2, 0) is 13.6 Å². The molecular formula is C17H26N4O2S. The van der Waals surface area contributed by atoms with Crippen LogP contribution in [0.1, 0.15) is 46.0 Å². The average Bonchev–Trinajstić information content (AvgIpc) is 2.93. The first kappa shape index (κ1) is 18.6. The fraction of sp³-hybridized carbons (Fsp3) is 0.588. The second-order valence-electron chi connectivity index (χ2n) is 5.83. The summed E-state index contributed by atoms with van der Waals surface area (Å²) in [6, 6.07) is 0. The number of nitrogens with one attached hydrogen (secondary N) is 1. The molecule has 0 unspecified atom stereocenters. The molecule has 24 heavy (non-hydrogen) atoms. The van der Waals surface area contributed by atoms with Crippen molar-refractivity contribution in [2.45, 2.75) is 57.7 Å². The molecule has 6 nitrogen and oxygen atoms in total. The lowest BCUT2D eigenvalue weighted by Crippen LogP contribution is -2.29. The van der Waals surface area contributed by atoms with Crippen LogP contribution in [0.3, 0.4) is 0 Å². The molecule has 0 saturated heterocycles. The molecule has 0 aliphatic carbocycles. The van der Waals surface area contributed by atoms with E-state index in [1.807, 2.05) is 23.6 Å². The minimum atomic E-state index is -0.431. The fourth-order valence-electron chi connectivity index (χ4n) is 2.57. The summed E-state index contributed by atoms with van der Waals surface area (Å²) in [6.45, 7) is 4.73. The standard InChI is InChI=1S/C17H26N4O2S/c1-4-6-8-9-10-12-24-17-18-14-13(21(17)11-7-5-2)15(22)19-16(23)20(14)3/h5,7H,4,6,8-12H2,1-3H3,(H,19,22,23). The first-order valence-electron chi connectivity index (χ1n) is 8.53. The molecule has 0 saturated carbocycles. The molecule has 2 aromatic heterocycles. The third-order valence-electron chi connectivity index (χ3n) is 3.97. The number of imidazole rings is 1. The van der Waals surface area contributed by atoms with Gasteiger partial charge in [-0.3, -0.25) is 14.3 Å². The van der Waals surface area contributed by atoms with Crippen molar-refractivity contribution in [2.75, 3.05) is 5.75 Å². The molecule has 2 rings (SSSR count). The van der Waals surface area contributed by atoms with Gasteiger partial charge in [0, 0.05) is 19.3 Å². The maximum atomic E-state index is 12.2. The molecule has 2 heterocycles. The molecule has 132 valence electrons. The van der Waals surface area contributed by atoms with Gasteiger partial charge in [0.2, 0.25) is 0 Å². The Hall–Kier alpha value is -1.76. The summed E-state index contributed by atoms with van der Waals surface area (Å²) in [4.78, 5) is 30.9. The Morgan fingerprint density at radius 1 is 1.21 bits per heavy atom. The molecule has 0 amide bonds. The molecule has 1 N–H and O–H groups in total. The van der Waals surface area contributed by atoms with Gasteiger partial charge < -0.3 is 4.57 Å². The van der Waals surface area contributed by atoms with E-state index in [2.05, 4.69) is 16.9 Å². The Labute approximate surface area is 146 Å². The van der Waals surface area contributed by atoms with Crippen molar-refractivity contribution in [1.82, 2.24) is 19.1 Å². The summed E-state index contributed by atoms with van der Waals surface area (Å²) in [6.07, 6.45) is 10.1. The van der Waals surface area contributed by atoms with Gasteiger partial charge in [-0.2, -0.15) is 0 Å². The molecule has 0 radical (unpaired) electrons. The Kier molecular flexibility index (Phi) is 6.90. The Balaban J connectivity index is 2.27. The van der Waals surface area contributed by atoms with Gasteiger partial charge in [0.15, 0.2) is 16.3 Å². The second kappa shape index (κ2) is 8.92. The number of thioether (sulfide) groups is 1. The van der Waals surface area contributed by atoms with Crippen LogP contribution in [0, 0.1) is 0 Å². The smallest absolute Gasteiger partial charge is 0.309 e. The predicted octanol–water partition coefficient (Wildman–Crippen LogP) is 3.06. The highest BCUT2D eigenvalue weighted by atomic mass is 32.2. The van der Waals surface area contributed by atoms with Crippen molar-refractivity contribution in [3.05, 3.63) is 33.0 Å². The number of unbranched alkanes of at least 4 members (excludes halogenated alkanes) is 4. The van der Waals surface area contributed by atoms with Gasteiger partial charge in [-0.15, -0.1) is 0 Å². The van der Waals surface area contributed by atoms with Gasteiger partial charge in [-0.25, -0.2) is 9.78 Å². The molecule has 0 atom stereocenters. The SMILES string of the molecule is CC=CCn1c(SCCCCCCC)nc2c1c(=O)[nH]c(=O)n2C. The van der Waals surface area contributed by atoms with Gasteiger partial charge in [0.05, 0.1) is 0 Å². The number of allylic oxidation sites excluding steroid dienone is 2. The van der Waals surface area contributed by atoms with Gasteiger partial charge in [-0.05, 0) is 13.3 Å². The zero-order valence-corrected chi connectivity index (χ0v) is 15.5. The van der Waals surface area contributed by atoms with E-state index in [4.69, 9.17) is 0 Å². The molecule has 2 aromatic rings. The van der Waals surface area contributed by atoms with Crippen molar-refractivity contribution in [2.24, 2.45) is 7.05 Å². The lowest BCUT2D eigenvalue weighted by molar-refractivity contribution is 0.658. The second-order valence-corrected chi connectivity index (χ2v) is 6.89. The molecule has 0 fully saturated rings. The van der Waals surface area contributed by atoms with E-state index in [-0.39, 0.29) is 5.56 Å². The summed E-state index contributed by atoms with van der Waals surface area (Å²) in [5.74, 6) is 0.967. The normalized spacial score (nSPS) is 11.8. The summed E-state index contributed by atoms with van der Waals surface area (Å²) in [7, 11) is 1.63. The number of fused-ring (bicyclic) bond motifs is 1. The Morgan fingerprint density at radius 2 is 1.96 bits per heavy atom. The number of aromatic nitrogens is 4. The number of hydrogen-bond donors (Lipinski definition) is 1. The number of aryl methyl sites for hydroxylation is 1. The molecule has 0 spiro atoms. The van der Waals surface area contributed by atoms with E-state index in [0.29, 0.717) is 17.7 Å². The monoisotopic (exact) mass is 350 g/mol. The van der Waals surface area contributed by atoms with Crippen LogP contribution in [0.5, 0.6) is 0 Å². The minimum Gasteiger partial charge on any atom is -0.309 e. The van der Waals surface area contributed by atoms with E-state index in [1.54, 1.807) is 18.8 Å². The lowest BCUT2D eigenvalue weighted by Gasteiger charge is -2.05. The highest BCUT2D eigenvalue weighted by Crippen LogP contribution is 2.23. The molecule has 0 aliphatic heterocycles. The third-order valence-corrected chi connectivity index (χ3v) is 5.04. The zero-order valence-electron chi connectivity index (χ0n) is 14.7. The first-order valence-corrected chi connectivity index (χ1v) is 9.52. The highest BCUT2D eigenvalue weighted by Gasteiger charge is 2.16. The summed E-state index contributed by atoms with van der Waals surface area (Å²) >= 11 is 1.65. The summed E-state index contributed by atoms with van der Waals surface area (Å²) in [5, 5.41) is 0.797. The first-order chi connectivity index (χ1) is 11.6. The van der Waals surface area contributed by atoms with E-state index in [1.165, 1.54) is 30.3 Å². The van der Waals surface area contributed by atoms with Gasteiger partial charge in [0.25, 0.3) is 5.56 Å². The van der Waals surface area contributed by atoms with Crippen LogP contribution in [-0.4, -0.2) is 24.9 Å². The summed E-state index contributed by atoms with van der Waals surface area (Å²) < 4.78 is 3.29. The average molecular weight is 350 g/mol. The van der Waals surface area contributed by atoms with Gasteiger partial charge in [0.1, 0.15) is 0 Å². The van der Waals surface area contributed by atoms with Crippen molar-refractivity contribution >= 4 is 22.9 Å². The third kappa shape index (κ3) is 4.20. The number of rotatable bonds is 9. The molecule has 0 aliphatic rings. The van der Waals surface area contributed by atoms with Crippen LogP contribution in [0.2, 0.25) is 0 Å². The lowest BCUT2D eigenvalue weighted by atomic mass is 10.2. The topological polar surface area (TPSA) is 72.7 Å². The quantitative estimate of drug-likeness (QED) is 0.428. The van der Waals surface area contributed by atoms with Crippen LogP contribution < -0.4 is 11.2 Å². The zero-order chi connectivity index (χ0) is 17.5. The maximum absolute atomic E-state index is 12.2. The Morgan fingerprint density at radius 3 is 2.67 bits per heavy atom. The minimum absolute atomic E-state index is 0.375. The number of H-pyrrole nitrogens is 1. The van der Waals surface area contributed by atoms with Crippen molar-refractivity contribution in [3.8, 4) is 0 Å². The van der Waals surface area contributed by atoms with Crippen molar-refractivity contribution in [3.63, 3.8) is 0 Å². The van der Waals surface area contributed by atoms with Crippen LogP contribution in [0.4, 0.5) is 0 Å². The number of aromatic amines is 1. The van der Waals surface area contributed by atoms with Gasteiger partial charge >= 0.3 is 5.69 Å². The Bertz CT molecular complexity index is 816. The fourth-order valence-corrected chi connectivity index (χ4v) is 3.58.